The Morgan fingerprint density at radius 3 is 2.95 bits per heavy atom. The maximum absolute atomic E-state index is 11.3. The highest BCUT2D eigenvalue weighted by Gasteiger charge is 2.47. The Kier molecular flexibility index (Phi) is 3.18. The van der Waals surface area contributed by atoms with Crippen molar-refractivity contribution in [2.75, 3.05) is 5.32 Å². The maximum atomic E-state index is 11.3. The highest BCUT2D eigenvalue weighted by atomic mass is 16.3. The van der Waals surface area contributed by atoms with E-state index in [2.05, 4.69) is 34.6 Å². The number of H-pyrrole nitrogens is 1. The van der Waals surface area contributed by atoms with Crippen molar-refractivity contribution in [1.29, 1.82) is 0 Å². The molecule has 0 bridgehead atoms. The van der Waals surface area contributed by atoms with Crippen molar-refractivity contribution in [3.05, 3.63) is 30.5 Å². The molecule has 1 unspecified atom stereocenters. The number of aromatic amines is 1. The van der Waals surface area contributed by atoms with Gasteiger partial charge in [0.15, 0.2) is 0 Å². The predicted octanol–water partition coefficient (Wildman–Crippen LogP) is 4.05. The third-order valence-corrected chi connectivity index (χ3v) is 5.65. The van der Waals surface area contributed by atoms with E-state index < -0.39 is 5.60 Å². The molecule has 2 aromatic rings. The zero-order valence-electron chi connectivity index (χ0n) is 12.4. The first-order valence-corrected chi connectivity index (χ1v) is 8.32. The summed E-state index contributed by atoms with van der Waals surface area (Å²) in [6.07, 6.45) is 10.1. The van der Waals surface area contributed by atoms with Crippen molar-refractivity contribution in [1.82, 2.24) is 4.98 Å². The Bertz CT molecular complexity index is 633. The van der Waals surface area contributed by atoms with Crippen molar-refractivity contribution in [2.24, 2.45) is 5.92 Å². The molecule has 0 amide bonds. The normalized spacial score (nSPS) is 32.8. The van der Waals surface area contributed by atoms with Gasteiger partial charge in [-0.2, -0.15) is 0 Å². The zero-order valence-corrected chi connectivity index (χ0v) is 12.4. The number of rotatable bonds is 2. The number of hydrogen-bond donors (Lipinski definition) is 3. The molecule has 2 saturated carbocycles. The van der Waals surface area contributed by atoms with Gasteiger partial charge in [-0.1, -0.05) is 31.4 Å². The second kappa shape index (κ2) is 5.06. The van der Waals surface area contributed by atoms with Crippen molar-refractivity contribution >= 4 is 16.6 Å². The molecule has 4 rings (SSSR count). The van der Waals surface area contributed by atoms with Gasteiger partial charge in [0.25, 0.3) is 0 Å². The molecular formula is C18H24N2O. The van der Waals surface area contributed by atoms with Gasteiger partial charge in [-0.15, -0.1) is 0 Å². The molecule has 2 fully saturated rings. The first kappa shape index (κ1) is 13.2. The van der Waals surface area contributed by atoms with Gasteiger partial charge in [0.1, 0.15) is 0 Å². The third kappa shape index (κ3) is 2.15. The van der Waals surface area contributed by atoms with Gasteiger partial charge in [0, 0.05) is 11.6 Å². The van der Waals surface area contributed by atoms with Crippen LogP contribution in [0.15, 0.2) is 30.5 Å². The number of para-hydroxylation sites is 1. The molecule has 0 spiro atoms. The molecule has 1 aromatic carbocycles. The van der Waals surface area contributed by atoms with Crippen LogP contribution in [0.5, 0.6) is 0 Å². The fraction of sp³-hybridized carbons (Fsp3) is 0.556. The molecule has 3 atom stereocenters. The summed E-state index contributed by atoms with van der Waals surface area (Å²) in [7, 11) is 0. The summed E-state index contributed by atoms with van der Waals surface area (Å²) in [4.78, 5) is 3.32. The van der Waals surface area contributed by atoms with Gasteiger partial charge in [-0.3, -0.25) is 0 Å². The molecule has 0 saturated heterocycles. The molecule has 3 N–H and O–H groups in total. The van der Waals surface area contributed by atoms with Crippen molar-refractivity contribution in [3.63, 3.8) is 0 Å². The monoisotopic (exact) mass is 284 g/mol. The maximum Gasteiger partial charge on any atom is 0.0875 e. The Balaban J connectivity index is 1.65. The van der Waals surface area contributed by atoms with E-state index in [1.54, 1.807) is 0 Å². The first-order chi connectivity index (χ1) is 10.3. The Labute approximate surface area is 125 Å². The molecule has 1 aromatic heterocycles. The average Bonchev–Trinajstić information content (AvgIpc) is 2.97. The van der Waals surface area contributed by atoms with Gasteiger partial charge in [-0.05, 0) is 43.7 Å². The third-order valence-electron chi connectivity index (χ3n) is 5.65. The van der Waals surface area contributed by atoms with Crippen LogP contribution >= 0.6 is 0 Å². The van der Waals surface area contributed by atoms with Crippen LogP contribution in [0, 0.1) is 5.92 Å². The fourth-order valence-electron chi connectivity index (χ4n) is 4.51. The van der Waals surface area contributed by atoms with Gasteiger partial charge in [0.05, 0.1) is 22.8 Å². The molecule has 21 heavy (non-hydrogen) atoms. The quantitative estimate of drug-likeness (QED) is 0.779. The number of nitrogens with one attached hydrogen (secondary N) is 2. The van der Waals surface area contributed by atoms with E-state index in [-0.39, 0.29) is 6.04 Å². The minimum atomic E-state index is -0.509. The number of hydrogen-bond acceptors (Lipinski definition) is 2. The Morgan fingerprint density at radius 1 is 1.10 bits per heavy atom. The van der Waals surface area contributed by atoms with E-state index in [1.165, 1.54) is 31.1 Å². The van der Waals surface area contributed by atoms with Gasteiger partial charge in [-0.25, -0.2) is 0 Å². The smallest absolute Gasteiger partial charge is 0.0875 e. The van der Waals surface area contributed by atoms with Crippen molar-refractivity contribution in [2.45, 2.75) is 56.6 Å². The molecule has 2 aliphatic rings. The van der Waals surface area contributed by atoms with Crippen LogP contribution in [-0.4, -0.2) is 21.7 Å². The lowest BCUT2D eigenvalue weighted by molar-refractivity contribution is -0.0835. The summed E-state index contributed by atoms with van der Waals surface area (Å²) in [5.74, 6) is 0.486. The van der Waals surface area contributed by atoms with Crippen molar-refractivity contribution in [3.8, 4) is 0 Å². The summed E-state index contributed by atoms with van der Waals surface area (Å²) >= 11 is 0. The summed E-state index contributed by atoms with van der Waals surface area (Å²) in [6, 6.07) is 8.61. The summed E-state index contributed by atoms with van der Waals surface area (Å²) in [6.45, 7) is 0. The van der Waals surface area contributed by atoms with E-state index in [1.807, 2.05) is 6.20 Å². The summed E-state index contributed by atoms with van der Waals surface area (Å²) in [5, 5.41) is 16.2. The lowest BCUT2D eigenvalue weighted by atomic mass is 9.65. The predicted molar refractivity (Wildman–Crippen MR) is 86.5 cm³/mol. The van der Waals surface area contributed by atoms with Crippen LogP contribution in [0.4, 0.5) is 5.69 Å². The zero-order chi connectivity index (χ0) is 14.3. The highest BCUT2D eigenvalue weighted by molar-refractivity contribution is 5.91. The van der Waals surface area contributed by atoms with Crippen LogP contribution in [0.2, 0.25) is 0 Å². The molecule has 1 heterocycles. The number of benzene rings is 1. The molecule has 3 heteroatoms. The topological polar surface area (TPSA) is 48.0 Å². The molecule has 3 nitrogen and oxygen atoms in total. The SMILES string of the molecule is O[C@]12CCCC[C@@H]1CCCC2Nc1cccc2cc[nH]c12. The van der Waals surface area contributed by atoms with Crippen molar-refractivity contribution < 1.29 is 5.11 Å². The molecule has 0 radical (unpaired) electrons. The van der Waals surface area contributed by atoms with Gasteiger partial charge < -0.3 is 15.4 Å². The number of anilines is 1. The van der Waals surface area contributed by atoms with Crippen LogP contribution < -0.4 is 5.32 Å². The van der Waals surface area contributed by atoms with Crippen LogP contribution in [0.25, 0.3) is 10.9 Å². The van der Waals surface area contributed by atoms with Crippen LogP contribution in [0.3, 0.4) is 0 Å². The largest absolute Gasteiger partial charge is 0.387 e. The lowest BCUT2D eigenvalue weighted by Gasteiger charge is -2.49. The molecule has 112 valence electrons. The van der Waals surface area contributed by atoms with E-state index in [0.717, 1.165) is 30.5 Å². The van der Waals surface area contributed by atoms with Gasteiger partial charge in [0.2, 0.25) is 0 Å². The highest BCUT2D eigenvalue weighted by Crippen LogP contribution is 2.45. The fourth-order valence-corrected chi connectivity index (χ4v) is 4.51. The molecule has 2 aliphatic carbocycles. The van der Waals surface area contributed by atoms with E-state index in [9.17, 15) is 5.11 Å². The lowest BCUT2D eigenvalue weighted by Crippen LogP contribution is -2.56. The van der Waals surface area contributed by atoms with E-state index in [0.29, 0.717) is 5.92 Å². The van der Waals surface area contributed by atoms with E-state index in [4.69, 9.17) is 0 Å². The summed E-state index contributed by atoms with van der Waals surface area (Å²) in [5.41, 5.74) is 1.77. The molecule has 0 aliphatic heterocycles. The van der Waals surface area contributed by atoms with Gasteiger partial charge >= 0.3 is 0 Å². The number of aliphatic hydroxyl groups is 1. The van der Waals surface area contributed by atoms with Crippen LogP contribution in [-0.2, 0) is 0 Å². The number of aromatic nitrogens is 1. The van der Waals surface area contributed by atoms with Crippen LogP contribution in [0.1, 0.15) is 44.9 Å². The Hall–Kier alpha value is -1.48. The first-order valence-electron chi connectivity index (χ1n) is 8.32. The number of fused-ring (bicyclic) bond motifs is 2. The van der Waals surface area contributed by atoms with E-state index >= 15 is 0 Å². The summed E-state index contributed by atoms with van der Waals surface area (Å²) < 4.78 is 0. The molecular weight excluding hydrogens is 260 g/mol. The standard InChI is InChI=1S/C18H24N2O/c21-18-11-2-1-6-14(18)7-4-9-16(18)20-15-8-3-5-13-10-12-19-17(13)15/h3,5,8,10,12,14,16,19-21H,1-2,4,6-7,9,11H2/t14-,16?,18-/m1/s1. The Morgan fingerprint density at radius 2 is 2.00 bits per heavy atom. The minimum absolute atomic E-state index is 0.186. The second-order valence-electron chi connectivity index (χ2n) is 6.81. The average molecular weight is 284 g/mol. The second-order valence-corrected chi connectivity index (χ2v) is 6.81. The minimum Gasteiger partial charge on any atom is -0.387 e.